The molecule has 98 valence electrons. The number of hydrogen-bond donors (Lipinski definition) is 0. The first-order valence-corrected chi connectivity index (χ1v) is 8.27. The normalized spacial score (nSPS) is 12.0. The fourth-order valence-corrected chi connectivity index (χ4v) is 3.08. The summed E-state index contributed by atoms with van der Waals surface area (Å²) in [4.78, 5) is 0. The van der Waals surface area contributed by atoms with Gasteiger partial charge in [-0.3, -0.25) is 0 Å². The minimum absolute atomic E-state index is 1.16. The first-order chi connectivity index (χ1) is 7.74. The lowest BCUT2D eigenvalue weighted by atomic mass is 10.1. The van der Waals surface area contributed by atoms with Crippen molar-refractivity contribution in [3.63, 3.8) is 0 Å². The molecule has 2 heteroatoms. The molecule has 0 unspecified atom stereocenters. The van der Waals surface area contributed by atoms with Crippen LogP contribution in [-0.4, -0.2) is 36.0 Å². The number of nitrogens with zero attached hydrogens (tertiary/aromatic N) is 1. The minimum Gasteiger partial charge on any atom is -0.323 e. The topological polar surface area (TPSA) is 0 Å². The Hall–Kier alpha value is 0.440. The zero-order valence-electron chi connectivity index (χ0n) is 11.6. The second-order valence-electron chi connectivity index (χ2n) is 4.99. The quantitative estimate of drug-likeness (QED) is 0.386. The third kappa shape index (κ3) is 6.90. The summed E-state index contributed by atoms with van der Waals surface area (Å²) in [5, 5.41) is 1.16. The molecular formula is C14H31BrN+. The Labute approximate surface area is 111 Å². The zero-order valence-corrected chi connectivity index (χ0v) is 13.2. The van der Waals surface area contributed by atoms with E-state index in [-0.39, 0.29) is 0 Å². The third-order valence-electron chi connectivity index (χ3n) is 3.52. The van der Waals surface area contributed by atoms with Crippen LogP contribution in [0.2, 0.25) is 0 Å². The summed E-state index contributed by atoms with van der Waals surface area (Å²) in [6.07, 6.45) is 8.17. The summed E-state index contributed by atoms with van der Waals surface area (Å²) in [6, 6.07) is 0. The molecule has 0 aliphatic heterocycles. The molecule has 0 aliphatic rings. The van der Waals surface area contributed by atoms with E-state index in [1.54, 1.807) is 0 Å². The van der Waals surface area contributed by atoms with E-state index in [0.717, 1.165) is 5.33 Å². The molecular weight excluding hydrogens is 262 g/mol. The van der Waals surface area contributed by atoms with Crippen LogP contribution >= 0.6 is 15.9 Å². The number of unbranched alkanes of at least 4 members (excludes halogenated alkanes) is 3. The van der Waals surface area contributed by atoms with Crippen molar-refractivity contribution < 1.29 is 4.48 Å². The highest BCUT2D eigenvalue weighted by atomic mass is 79.9. The van der Waals surface area contributed by atoms with Gasteiger partial charge in [-0.05, 0) is 19.3 Å². The van der Waals surface area contributed by atoms with Crippen molar-refractivity contribution in [1.29, 1.82) is 0 Å². The van der Waals surface area contributed by atoms with Crippen molar-refractivity contribution >= 4 is 15.9 Å². The highest BCUT2D eigenvalue weighted by Gasteiger charge is 2.24. The Morgan fingerprint density at radius 2 is 1.06 bits per heavy atom. The number of rotatable bonds is 11. The van der Waals surface area contributed by atoms with Crippen molar-refractivity contribution in [1.82, 2.24) is 0 Å². The maximum absolute atomic E-state index is 3.65. The highest BCUT2D eigenvalue weighted by molar-refractivity contribution is 9.09. The standard InChI is InChI=1S/C14H31BrN/c1-4-7-11-16(14-10-15,12-8-5-2)13-9-6-3/h4-14H2,1-3H3/q+1. The van der Waals surface area contributed by atoms with Gasteiger partial charge in [0.25, 0.3) is 0 Å². The maximum atomic E-state index is 3.65. The first-order valence-electron chi connectivity index (χ1n) is 7.15. The van der Waals surface area contributed by atoms with Crippen molar-refractivity contribution in [2.75, 3.05) is 31.5 Å². The number of halogens is 1. The lowest BCUT2D eigenvalue weighted by molar-refractivity contribution is -0.926. The van der Waals surface area contributed by atoms with Gasteiger partial charge in [0.05, 0.1) is 31.5 Å². The van der Waals surface area contributed by atoms with E-state index in [9.17, 15) is 0 Å². The van der Waals surface area contributed by atoms with E-state index in [1.165, 1.54) is 69.2 Å². The van der Waals surface area contributed by atoms with E-state index >= 15 is 0 Å². The van der Waals surface area contributed by atoms with E-state index in [2.05, 4.69) is 36.7 Å². The van der Waals surface area contributed by atoms with Crippen molar-refractivity contribution in [2.45, 2.75) is 59.3 Å². The number of alkyl halides is 1. The van der Waals surface area contributed by atoms with E-state index in [1.807, 2.05) is 0 Å². The molecule has 0 N–H and O–H groups in total. The van der Waals surface area contributed by atoms with Gasteiger partial charge in [0.2, 0.25) is 0 Å². The lowest BCUT2D eigenvalue weighted by Gasteiger charge is -2.38. The summed E-state index contributed by atoms with van der Waals surface area (Å²) in [5.41, 5.74) is 0. The molecule has 0 saturated heterocycles. The molecule has 0 rings (SSSR count). The molecule has 0 aromatic carbocycles. The first kappa shape index (κ1) is 16.4. The fourth-order valence-electron chi connectivity index (χ4n) is 2.33. The highest BCUT2D eigenvalue weighted by Crippen LogP contribution is 2.15. The van der Waals surface area contributed by atoms with Crippen LogP contribution in [0, 0.1) is 0 Å². The van der Waals surface area contributed by atoms with Gasteiger partial charge in [-0.2, -0.15) is 0 Å². The van der Waals surface area contributed by atoms with Gasteiger partial charge in [0.15, 0.2) is 0 Å². The SMILES string of the molecule is CCCC[N+](CCBr)(CCCC)CCCC. The molecule has 16 heavy (non-hydrogen) atoms. The van der Waals surface area contributed by atoms with Gasteiger partial charge >= 0.3 is 0 Å². The van der Waals surface area contributed by atoms with Crippen LogP contribution in [0.25, 0.3) is 0 Å². The molecule has 0 saturated carbocycles. The van der Waals surface area contributed by atoms with Crippen LogP contribution < -0.4 is 0 Å². The van der Waals surface area contributed by atoms with Crippen LogP contribution in [0.4, 0.5) is 0 Å². The molecule has 0 atom stereocenters. The van der Waals surface area contributed by atoms with E-state index in [4.69, 9.17) is 0 Å². The molecule has 0 aromatic heterocycles. The number of hydrogen-bond acceptors (Lipinski definition) is 0. The monoisotopic (exact) mass is 292 g/mol. The van der Waals surface area contributed by atoms with Gasteiger partial charge in [0.1, 0.15) is 0 Å². The van der Waals surface area contributed by atoms with Crippen LogP contribution in [0.5, 0.6) is 0 Å². The molecule has 0 aromatic rings. The molecule has 0 spiro atoms. The van der Waals surface area contributed by atoms with Crippen molar-refractivity contribution in [3.05, 3.63) is 0 Å². The second-order valence-corrected chi connectivity index (χ2v) is 5.78. The Bertz CT molecular complexity index is 126. The molecule has 0 aliphatic carbocycles. The number of quaternary nitrogens is 1. The summed E-state index contributed by atoms with van der Waals surface area (Å²) in [7, 11) is 0. The van der Waals surface area contributed by atoms with E-state index < -0.39 is 0 Å². The lowest BCUT2D eigenvalue weighted by Crippen LogP contribution is -2.51. The minimum atomic E-state index is 1.16. The third-order valence-corrected chi connectivity index (χ3v) is 3.87. The maximum Gasteiger partial charge on any atom is 0.0885 e. The van der Waals surface area contributed by atoms with Gasteiger partial charge in [0, 0.05) is 0 Å². The molecule has 0 fully saturated rings. The van der Waals surface area contributed by atoms with Crippen LogP contribution in [-0.2, 0) is 0 Å². The summed E-state index contributed by atoms with van der Waals surface area (Å²) in [5.74, 6) is 0. The zero-order chi connectivity index (χ0) is 12.3. The van der Waals surface area contributed by atoms with Crippen LogP contribution in [0.1, 0.15) is 59.3 Å². The Balaban J connectivity index is 4.32. The molecule has 0 heterocycles. The average Bonchev–Trinajstić information content (AvgIpc) is 2.31. The van der Waals surface area contributed by atoms with Gasteiger partial charge in [-0.25, -0.2) is 0 Å². The Morgan fingerprint density at radius 3 is 1.31 bits per heavy atom. The largest absolute Gasteiger partial charge is 0.323 e. The summed E-state index contributed by atoms with van der Waals surface area (Å²) >= 11 is 3.65. The van der Waals surface area contributed by atoms with Crippen LogP contribution in [0.3, 0.4) is 0 Å². The van der Waals surface area contributed by atoms with Gasteiger partial charge in [-0.1, -0.05) is 56.0 Å². The van der Waals surface area contributed by atoms with Gasteiger partial charge < -0.3 is 4.48 Å². The predicted octanol–water partition coefficient (Wildman–Crippen LogP) is 4.60. The summed E-state index contributed by atoms with van der Waals surface area (Å²) < 4.78 is 1.36. The molecule has 0 amide bonds. The van der Waals surface area contributed by atoms with E-state index in [0.29, 0.717) is 0 Å². The smallest absolute Gasteiger partial charge is 0.0885 e. The van der Waals surface area contributed by atoms with Crippen molar-refractivity contribution in [3.8, 4) is 0 Å². The molecule has 0 radical (unpaired) electrons. The average molecular weight is 293 g/mol. The summed E-state index contributed by atoms with van der Waals surface area (Å²) in [6.45, 7) is 12.4. The van der Waals surface area contributed by atoms with Crippen LogP contribution in [0.15, 0.2) is 0 Å². The molecule has 1 nitrogen and oxygen atoms in total. The Morgan fingerprint density at radius 1 is 0.688 bits per heavy atom. The predicted molar refractivity (Wildman–Crippen MR) is 78.2 cm³/mol. The molecule has 0 bridgehead atoms. The van der Waals surface area contributed by atoms with Crippen molar-refractivity contribution in [2.24, 2.45) is 0 Å². The second kappa shape index (κ2) is 10.6. The fraction of sp³-hybridized carbons (Fsp3) is 1.00. The van der Waals surface area contributed by atoms with Gasteiger partial charge in [-0.15, -0.1) is 0 Å². The Kier molecular flexibility index (Phi) is 10.9.